The monoisotopic (exact) mass is 469 g/mol. The van der Waals surface area contributed by atoms with Crippen molar-refractivity contribution in [2.45, 2.75) is 6.92 Å². The van der Waals surface area contributed by atoms with Crippen LogP contribution in [0.5, 0.6) is 5.75 Å². The van der Waals surface area contributed by atoms with E-state index in [-0.39, 0.29) is 5.75 Å². The lowest BCUT2D eigenvalue weighted by Crippen LogP contribution is -1.96. The van der Waals surface area contributed by atoms with Gasteiger partial charge in [-0.3, -0.25) is 0 Å². The topological polar surface area (TPSA) is 161 Å². The number of nitrogens with two attached hydrogens (primary N) is 1. The summed E-state index contributed by atoms with van der Waals surface area (Å²) in [6, 6.07) is 25.8. The number of hydrogen-bond acceptors (Lipinski definition) is 4. The summed E-state index contributed by atoms with van der Waals surface area (Å²) in [6.45, 7) is 1.93. The fraction of sp³-hybridized carbons (Fsp3) is 0.0417. The Labute approximate surface area is 190 Å². The summed E-state index contributed by atoms with van der Waals surface area (Å²) in [7, 11) is -4.64. The number of carboxylic acids is 1. The molecule has 4 aromatic carbocycles. The first kappa shape index (κ1) is 25.6. The first-order chi connectivity index (χ1) is 15.5. The number of carbonyl (C=O) groups is 1. The van der Waals surface area contributed by atoms with Gasteiger partial charge in [-0.2, -0.15) is 0 Å². The van der Waals surface area contributed by atoms with Crippen LogP contribution < -0.4 is 5.73 Å². The van der Waals surface area contributed by atoms with Gasteiger partial charge in [-0.05, 0) is 47.5 Å². The molecule has 0 radical (unpaired) electrons. The van der Waals surface area contributed by atoms with Gasteiger partial charge in [0.15, 0.2) is 0 Å². The predicted octanol–water partition coefficient (Wildman–Crippen LogP) is 4.56. The number of benzene rings is 4. The molecule has 0 saturated heterocycles. The molecule has 33 heavy (non-hydrogen) atoms. The van der Waals surface area contributed by atoms with Crippen molar-refractivity contribution in [3.05, 3.63) is 96.1 Å². The molecule has 7 N–H and O–H groups in total. The second-order valence-electron chi connectivity index (χ2n) is 6.94. The van der Waals surface area contributed by atoms with E-state index in [0.717, 1.165) is 27.5 Å². The summed E-state index contributed by atoms with van der Waals surface area (Å²) >= 11 is 0. The average Bonchev–Trinajstić information content (AvgIpc) is 2.74. The minimum atomic E-state index is -4.64. The molecule has 0 fully saturated rings. The molecule has 0 spiro atoms. The summed E-state index contributed by atoms with van der Waals surface area (Å²) in [5.74, 6) is -0.621. The number of hydrogen-bond donors (Lipinski definition) is 6. The van der Waals surface area contributed by atoms with Gasteiger partial charge in [-0.15, -0.1) is 0 Å². The van der Waals surface area contributed by atoms with Crippen molar-refractivity contribution in [3.63, 3.8) is 0 Å². The normalized spacial score (nSPS) is 10.4. The molecule has 0 saturated carbocycles. The number of carboxylic acid groups (broad SMARTS) is 1. The third kappa shape index (κ3) is 8.07. The molecule has 4 rings (SSSR count). The third-order valence-corrected chi connectivity index (χ3v) is 4.47. The number of aromatic hydroxyl groups is 1. The zero-order valence-corrected chi connectivity index (χ0v) is 18.6. The van der Waals surface area contributed by atoms with Gasteiger partial charge in [0.25, 0.3) is 0 Å². The number of nitrogen functional groups attached to an aromatic ring is 1. The number of rotatable bonds is 2. The van der Waals surface area contributed by atoms with Crippen LogP contribution in [0.25, 0.3) is 21.9 Å². The van der Waals surface area contributed by atoms with E-state index in [0.29, 0.717) is 11.3 Å². The largest absolute Gasteiger partial charge is 0.507 e. The molecule has 0 bridgehead atoms. The van der Waals surface area contributed by atoms with Crippen LogP contribution in [0.15, 0.2) is 84.9 Å². The average molecular weight is 469 g/mol. The van der Waals surface area contributed by atoms with Crippen LogP contribution >= 0.6 is 7.82 Å². The van der Waals surface area contributed by atoms with E-state index in [2.05, 4.69) is 0 Å². The molecule has 0 aromatic heterocycles. The van der Waals surface area contributed by atoms with E-state index in [1.54, 1.807) is 24.3 Å². The molecular formula is C24H24NO7P. The van der Waals surface area contributed by atoms with Gasteiger partial charge in [-0.1, -0.05) is 60.7 Å². The van der Waals surface area contributed by atoms with Crippen molar-refractivity contribution in [2.75, 3.05) is 5.73 Å². The Bertz CT molecular complexity index is 1250. The van der Waals surface area contributed by atoms with E-state index in [1.807, 2.05) is 67.6 Å². The van der Waals surface area contributed by atoms with E-state index in [1.165, 1.54) is 0 Å². The van der Waals surface area contributed by atoms with Crippen LogP contribution in [0.4, 0.5) is 5.69 Å². The van der Waals surface area contributed by atoms with Gasteiger partial charge in [0, 0.05) is 16.8 Å². The minimum absolute atomic E-state index is 0.255. The van der Waals surface area contributed by atoms with E-state index >= 15 is 0 Å². The highest BCUT2D eigenvalue weighted by molar-refractivity contribution is 7.45. The Hall–Kier alpha value is -3.68. The fourth-order valence-electron chi connectivity index (χ4n) is 3.07. The Kier molecular flexibility index (Phi) is 8.73. The summed E-state index contributed by atoms with van der Waals surface area (Å²) in [4.78, 5) is 32.4. The molecule has 0 atom stereocenters. The van der Waals surface area contributed by atoms with Gasteiger partial charge in [0.2, 0.25) is 0 Å². The van der Waals surface area contributed by atoms with Gasteiger partial charge in [0.1, 0.15) is 5.75 Å². The maximum absolute atomic E-state index is 10.8. The Morgan fingerprint density at radius 1 is 0.818 bits per heavy atom. The summed E-state index contributed by atoms with van der Waals surface area (Å²) in [6.07, 6.45) is 0. The second kappa shape index (κ2) is 11.3. The number of fused-ring (bicyclic) bond motifs is 1. The highest BCUT2D eigenvalue weighted by Crippen LogP contribution is 2.32. The Balaban J connectivity index is 0.000000195. The van der Waals surface area contributed by atoms with Crippen molar-refractivity contribution in [1.82, 2.24) is 0 Å². The minimum Gasteiger partial charge on any atom is -0.507 e. The van der Waals surface area contributed by atoms with Crippen molar-refractivity contribution in [2.24, 2.45) is 0 Å². The lowest BCUT2D eigenvalue weighted by molar-refractivity contribution is 0.0697. The Morgan fingerprint density at radius 3 is 1.91 bits per heavy atom. The highest BCUT2D eigenvalue weighted by Gasteiger charge is 2.06. The van der Waals surface area contributed by atoms with Crippen LogP contribution in [-0.2, 0) is 4.57 Å². The smallest absolute Gasteiger partial charge is 0.466 e. The van der Waals surface area contributed by atoms with E-state index in [4.69, 9.17) is 30.1 Å². The number of phenols is 1. The quantitative estimate of drug-likeness (QED) is 0.184. The summed E-state index contributed by atoms with van der Waals surface area (Å²) < 4.78 is 8.88. The van der Waals surface area contributed by atoms with Crippen LogP contribution in [-0.4, -0.2) is 30.9 Å². The molecule has 8 nitrogen and oxygen atoms in total. The first-order valence-corrected chi connectivity index (χ1v) is 11.2. The zero-order chi connectivity index (χ0) is 24.6. The molecule has 172 valence electrons. The number of aryl methyl sites for hydroxylation is 1. The van der Waals surface area contributed by atoms with Gasteiger partial charge in [-0.25, -0.2) is 9.36 Å². The maximum atomic E-state index is 10.8. The molecule has 4 aromatic rings. The van der Waals surface area contributed by atoms with Crippen molar-refractivity contribution in [1.29, 1.82) is 0 Å². The summed E-state index contributed by atoms with van der Waals surface area (Å²) in [5, 5.41) is 20.6. The molecule has 0 aliphatic carbocycles. The third-order valence-electron chi connectivity index (χ3n) is 4.47. The molecule has 0 aliphatic heterocycles. The molecular weight excluding hydrogens is 445 g/mol. The van der Waals surface area contributed by atoms with Gasteiger partial charge in [0.05, 0.1) is 5.56 Å². The SMILES string of the molecule is Cc1cc(C(=O)O)cc2ccccc12.Nc1ccccc1-c1ccccc1O.O=P(O)(O)O. The van der Waals surface area contributed by atoms with Crippen molar-refractivity contribution >= 4 is 30.3 Å². The fourth-order valence-corrected chi connectivity index (χ4v) is 3.07. The van der Waals surface area contributed by atoms with Crippen molar-refractivity contribution in [3.8, 4) is 16.9 Å². The Morgan fingerprint density at radius 2 is 1.33 bits per heavy atom. The first-order valence-electron chi connectivity index (χ1n) is 9.61. The van der Waals surface area contributed by atoms with Crippen LogP contribution in [0, 0.1) is 6.92 Å². The second-order valence-corrected chi connectivity index (χ2v) is 7.96. The predicted molar refractivity (Wildman–Crippen MR) is 128 cm³/mol. The maximum Gasteiger partial charge on any atom is 0.466 e. The molecule has 9 heteroatoms. The molecule has 0 unspecified atom stereocenters. The number of anilines is 1. The van der Waals surface area contributed by atoms with Crippen LogP contribution in [0.3, 0.4) is 0 Å². The number of phenolic OH excluding ortho intramolecular Hbond substituents is 1. The molecule has 0 heterocycles. The van der Waals surface area contributed by atoms with E-state index in [9.17, 15) is 9.90 Å². The lowest BCUT2D eigenvalue weighted by atomic mass is 10.0. The van der Waals surface area contributed by atoms with Gasteiger partial charge < -0.3 is 30.6 Å². The highest BCUT2D eigenvalue weighted by atomic mass is 31.2. The molecule has 0 amide bonds. The lowest BCUT2D eigenvalue weighted by Gasteiger charge is -2.06. The van der Waals surface area contributed by atoms with E-state index < -0.39 is 13.8 Å². The summed E-state index contributed by atoms with van der Waals surface area (Å²) in [5.41, 5.74) is 9.47. The number of phosphoric acid groups is 1. The van der Waals surface area contributed by atoms with Crippen LogP contribution in [0.1, 0.15) is 15.9 Å². The van der Waals surface area contributed by atoms with Crippen molar-refractivity contribution < 1.29 is 34.3 Å². The molecule has 0 aliphatic rings. The standard InChI is InChI=1S/C12H11NO.C12H10O2.H3O4P/c13-11-7-3-1-5-9(11)10-6-2-4-8-12(10)14;1-8-6-10(12(13)14)7-9-4-2-3-5-11(8)9;1-5(2,3)4/h1-8,14H,13H2;2-7H,1H3,(H,13,14);(H3,1,2,3,4). The number of aromatic carboxylic acids is 1. The number of para-hydroxylation sites is 2. The zero-order valence-electron chi connectivity index (χ0n) is 17.7. The van der Waals surface area contributed by atoms with Gasteiger partial charge >= 0.3 is 13.8 Å². The van der Waals surface area contributed by atoms with Crippen LogP contribution in [0.2, 0.25) is 0 Å².